The van der Waals surface area contributed by atoms with Crippen molar-refractivity contribution in [2.24, 2.45) is 0 Å². The maximum Gasteiger partial charge on any atom is 0.133 e. The molecule has 0 fully saturated rings. The van der Waals surface area contributed by atoms with Crippen LogP contribution >= 0.6 is 11.3 Å². The van der Waals surface area contributed by atoms with Gasteiger partial charge in [0.15, 0.2) is 0 Å². The summed E-state index contributed by atoms with van der Waals surface area (Å²) in [4.78, 5) is 10.1. The zero-order valence-electron chi connectivity index (χ0n) is 8.40. The molecule has 2 nitrogen and oxygen atoms in total. The van der Waals surface area contributed by atoms with Gasteiger partial charge in [0.05, 0.1) is 6.54 Å². The maximum absolute atomic E-state index is 10.1. The molecule has 0 unspecified atom stereocenters. The second kappa shape index (κ2) is 5.05. The van der Waals surface area contributed by atoms with E-state index in [0.29, 0.717) is 6.54 Å². The Balaban J connectivity index is 2.05. The van der Waals surface area contributed by atoms with Crippen molar-refractivity contribution in [3.8, 4) is 0 Å². The Labute approximate surface area is 92.9 Å². The van der Waals surface area contributed by atoms with Gasteiger partial charge in [0.2, 0.25) is 0 Å². The van der Waals surface area contributed by atoms with Gasteiger partial charge in [0.25, 0.3) is 0 Å². The number of thiophene rings is 1. The van der Waals surface area contributed by atoms with Gasteiger partial charge in [-0.3, -0.25) is 0 Å². The normalized spacial score (nSPS) is 10.7. The van der Waals surface area contributed by atoms with E-state index in [0.717, 1.165) is 19.3 Å². The van der Waals surface area contributed by atoms with Crippen LogP contribution in [0.1, 0.15) is 5.56 Å². The van der Waals surface area contributed by atoms with E-state index in [-0.39, 0.29) is 0 Å². The number of hydrogen-bond acceptors (Lipinski definition) is 3. The van der Waals surface area contributed by atoms with Gasteiger partial charge in [-0.25, -0.2) is 0 Å². The van der Waals surface area contributed by atoms with Crippen molar-refractivity contribution in [2.75, 3.05) is 13.1 Å². The van der Waals surface area contributed by atoms with E-state index in [1.54, 1.807) is 11.3 Å². The van der Waals surface area contributed by atoms with Crippen molar-refractivity contribution in [1.82, 2.24) is 5.32 Å². The Morgan fingerprint density at radius 3 is 3.07 bits per heavy atom. The quantitative estimate of drug-likeness (QED) is 0.617. The van der Waals surface area contributed by atoms with Gasteiger partial charge in [0.1, 0.15) is 6.29 Å². The van der Waals surface area contributed by atoms with Crippen LogP contribution in [0.2, 0.25) is 0 Å². The fraction of sp³-hybridized carbons (Fsp3) is 0.250. The molecule has 1 N–H and O–H groups in total. The summed E-state index contributed by atoms with van der Waals surface area (Å²) in [6, 6.07) is 8.42. The zero-order chi connectivity index (χ0) is 10.5. The summed E-state index contributed by atoms with van der Waals surface area (Å²) in [5.74, 6) is 0. The highest BCUT2D eigenvalue weighted by Gasteiger charge is 2.01. The molecular weight excluding hydrogens is 206 g/mol. The number of carbonyl (C=O) groups excluding carboxylic acids is 1. The SMILES string of the molecule is O=CCNCCc1csc2ccccc12. The van der Waals surface area contributed by atoms with Crippen LogP contribution in [0.5, 0.6) is 0 Å². The van der Waals surface area contributed by atoms with Gasteiger partial charge in [-0.2, -0.15) is 0 Å². The second-order valence-corrected chi connectivity index (χ2v) is 4.29. The first-order valence-electron chi connectivity index (χ1n) is 5.01. The third-order valence-electron chi connectivity index (χ3n) is 2.36. The minimum atomic E-state index is 0.446. The Morgan fingerprint density at radius 1 is 1.33 bits per heavy atom. The van der Waals surface area contributed by atoms with E-state index in [9.17, 15) is 4.79 Å². The van der Waals surface area contributed by atoms with Crippen LogP contribution in [0.15, 0.2) is 29.6 Å². The van der Waals surface area contributed by atoms with E-state index in [1.165, 1.54) is 15.6 Å². The fourth-order valence-electron chi connectivity index (χ4n) is 1.61. The molecule has 0 amide bonds. The molecule has 0 aliphatic rings. The Kier molecular flexibility index (Phi) is 3.48. The van der Waals surface area contributed by atoms with E-state index in [4.69, 9.17) is 0 Å². The number of benzene rings is 1. The molecule has 1 aromatic heterocycles. The third kappa shape index (κ3) is 2.43. The van der Waals surface area contributed by atoms with Crippen LogP contribution in [0.4, 0.5) is 0 Å². The molecule has 0 saturated heterocycles. The predicted octanol–water partition coefficient (Wildman–Crippen LogP) is 2.23. The number of fused-ring (bicyclic) bond motifs is 1. The average molecular weight is 219 g/mol. The smallest absolute Gasteiger partial charge is 0.133 e. The van der Waals surface area contributed by atoms with E-state index in [1.807, 2.05) is 0 Å². The van der Waals surface area contributed by atoms with Crippen LogP contribution in [0.25, 0.3) is 10.1 Å². The third-order valence-corrected chi connectivity index (χ3v) is 3.37. The molecular formula is C12H13NOS. The lowest BCUT2D eigenvalue weighted by Crippen LogP contribution is -2.18. The maximum atomic E-state index is 10.1. The molecule has 15 heavy (non-hydrogen) atoms. The molecule has 0 atom stereocenters. The topological polar surface area (TPSA) is 29.1 Å². The summed E-state index contributed by atoms with van der Waals surface area (Å²) < 4.78 is 1.34. The number of aldehydes is 1. The summed E-state index contributed by atoms with van der Waals surface area (Å²) in [6.45, 7) is 1.31. The molecule has 2 rings (SSSR count). The van der Waals surface area contributed by atoms with E-state index < -0.39 is 0 Å². The van der Waals surface area contributed by atoms with E-state index in [2.05, 4.69) is 35.0 Å². The van der Waals surface area contributed by atoms with Crippen LogP contribution in [-0.2, 0) is 11.2 Å². The molecule has 0 aliphatic heterocycles. The number of nitrogens with one attached hydrogen (secondary N) is 1. The van der Waals surface area contributed by atoms with Gasteiger partial charge < -0.3 is 10.1 Å². The minimum Gasteiger partial charge on any atom is -0.310 e. The number of carbonyl (C=O) groups is 1. The Bertz CT molecular complexity index is 450. The molecule has 2 aromatic rings. The number of hydrogen-bond donors (Lipinski definition) is 1. The lowest BCUT2D eigenvalue weighted by molar-refractivity contribution is -0.107. The lowest BCUT2D eigenvalue weighted by atomic mass is 10.1. The fourth-order valence-corrected chi connectivity index (χ4v) is 2.61. The molecule has 0 aliphatic carbocycles. The van der Waals surface area contributed by atoms with Crippen LogP contribution in [0.3, 0.4) is 0 Å². The molecule has 0 spiro atoms. The first-order chi connectivity index (χ1) is 7.42. The van der Waals surface area contributed by atoms with Gasteiger partial charge >= 0.3 is 0 Å². The average Bonchev–Trinajstić information content (AvgIpc) is 2.68. The predicted molar refractivity (Wildman–Crippen MR) is 64.5 cm³/mol. The molecule has 1 aromatic carbocycles. The van der Waals surface area contributed by atoms with Crippen molar-refractivity contribution in [2.45, 2.75) is 6.42 Å². The van der Waals surface area contributed by atoms with Crippen molar-refractivity contribution >= 4 is 27.7 Å². The largest absolute Gasteiger partial charge is 0.310 e. The summed E-state index contributed by atoms with van der Waals surface area (Å²) in [7, 11) is 0. The molecule has 78 valence electrons. The van der Waals surface area contributed by atoms with E-state index >= 15 is 0 Å². The van der Waals surface area contributed by atoms with Crippen LogP contribution < -0.4 is 5.32 Å². The summed E-state index contributed by atoms with van der Waals surface area (Å²) in [5, 5.41) is 6.62. The van der Waals surface area contributed by atoms with Crippen molar-refractivity contribution in [3.63, 3.8) is 0 Å². The summed E-state index contributed by atoms with van der Waals surface area (Å²) >= 11 is 1.78. The Hall–Kier alpha value is -1.19. The highest BCUT2D eigenvalue weighted by atomic mass is 32.1. The van der Waals surface area contributed by atoms with Crippen molar-refractivity contribution < 1.29 is 4.79 Å². The van der Waals surface area contributed by atoms with Gasteiger partial charge in [-0.1, -0.05) is 18.2 Å². The zero-order valence-corrected chi connectivity index (χ0v) is 9.22. The Morgan fingerprint density at radius 2 is 2.20 bits per heavy atom. The van der Waals surface area contributed by atoms with Crippen molar-refractivity contribution in [1.29, 1.82) is 0 Å². The first-order valence-corrected chi connectivity index (χ1v) is 5.89. The monoisotopic (exact) mass is 219 g/mol. The van der Waals surface area contributed by atoms with Gasteiger partial charge in [-0.05, 0) is 35.4 Å². The standard InChI is InChI=1S/C12H13NOS/c14-8-7-13-6-5-10-9-15-12-4-2-1-3-11(10)12/h1-4,8-9,13H,5-7H2. The highest BCUT2D eigenvalue weighted by molar-refractivity contribution is 7.17. The van der Waals surface area contributed by atoms with Gasteiger partial charge in [0, 0.05) is 4.70 Å². The molecule has 0 radical (unpaired) electrons. The first kappa shape index (κ1) is 10.3. The second-order valence-electron chi connectivity index (χ2n) is 3.38. The highest BCUT2D eigenvalue weighted by Crippen LogP contribution is 2.25. The molecule has 1 heterocycles. The van der Waals surface area contributed by atoms with Gasteiger partial charge in [-0.15, -0.1) is 11.3 Å². The minimum absolute atomic E-state index is 0.446. The van der Waals surface area contributed by atoms with Crippen molar-refractivity contribution in [3.05, 3.63) is 35.2 Å². The molecule has 0 saturated carbocycles. The molecule has 0 bridgehead atoms. The number of rotatable bonds is 5. The lowest BCUT2D eigenvalue weighted by Gasteiger charge is -1.99. The van der Waals surface area contributed by atoms with Crippen LogP contribution in [-0.4, -0.2) is 19.4 Å². The summed E-state index contributed by atoms with van der Waals surface area (Å²) in [6.07, 6.45) is 1.88. The molecule has 3 heteroatoms. The summed E-state index contributed by atoms with van der Waals surface area (Å²) in [5.41, 5.74) is 1.37. The van der Waals surface area contributed by atoms with Crippen LogP contribution in [0, 0.1) is 0 Å².